The van der Waals surface area contributed by atoms with Crippen molar-refractivity contribution in [1.29, 1.82) is 0 Å². The van der Waals surface area contributed by atoms with E-state index in [0.717, 1.165) is 5.92 Å². The van der Waals surface area contributed by atoms with Crippen molar-refractivity contribution in [2.24, 2.45) is 5.92 Å². The molecule has 0 amide bonds. The average molecular weight is 302 g/mol. The number of rotatable bonds is 4. The number of thiazole rings is 1. The van der Waals surface area contributed by atoms with Gasteiger partial charge in [0.2, 0.25) is 0 Å². The summed E-state index contributed by atoms with van der Waals surface area (Å²) in [4.78, 5) is 4.58. The Morgan fingerprint density at radius 1 is 1.32 bits per heavy atom. The van der Waals surface area contributed by atoms with Gasteiger partial charge in [-0.3, -0.25) is 0 Å². The van der Waals surface area contributed by atoms with Crippen LogP contribution >= 0.6 is 23.7 Å². The largest absolute Gasteiger partial charge is 0.317 e. The van der Waals surface area contributed by atoms with Gasteiger partial charge in [-0.15, -0.1) is 23.7 Å². The van der Waals surface area contributed by atoms with E-state index in [-0.39, 0.29) is 17.9 Å². The molecule has 0 atom stereocenters. The Hall–Kier alpha value is -0.160. The third-order valence-electron chi connectivity index (χ3n) is 4.49. The van der Waals surface area contributed by atoms with Crippen LogP contribution in [0, 0.1) is 5.92 Å². The van der Waals surface area contributed by atoms with Crippen molar-refractivity contribution >= 4 is 23.7 Å². The highest BCUT2D eigenvalue weighted by atomic mass is 35.5. The normalized spacial score (nSPS) is 23.2. The van der Waals surface area contributed by atoms with Crippen LogP contribution in [-0.2, 0) is 5.54 Å². The van der Waals surface area contributed by atoms with Gasteiger partial charge in [-0.25, -0.2) is 4.98 Å². The fourth-order valence-corrected chi connectivity index (χ4v) is 4.20. The number of hydrogen-bond donors (Lipinski definition) is 2. The highest BCUT2D eigenvalue weighted by Crippen LogP contribution is 2.39. The molecule has 19 heavy (non-hydrogen) atoms. The van der Waals surface area contributed by atoms with E-state index in [0.29, 0.717) is 0 Å². The summed E-state index contributed by atoms with van der Waals surface area (Å²) in [6.07, 6.45) is 9.82. The van der Waals surface area contributed by atoms with Gasteiger partial charge in [0.25, 0.3) is 0 Å². The van der Waals surface area contributed by atoms with E-state index in [4.69, 9.17) is 0 Å². The van der Waals surface area contributed by atoms with Crippen molar-refractivity contribution in [2.75, 3.05) is 19.6 Å². The summed E-state index contributed by atoms with van der Waals surface area (Å²) in [5, 5.41) is 10.8. The fourth-order valence-electron chi connectivity index (χ4n) is 3.33. The maximum atomic E-state index is 4.58. The van der Waals surface area contributed by atoms with Gasteiger partial charge >= 0.3 is 0 Å². The average Bonchev–Trinajstić information content (AvgIpc) is 3.09. The quantitative estimate of drug-likeness (QED) is 0.898. The first-order valence-electron chi connectivity index (χ1n) is 7.25. The van der Waals surface area contributed by atoms with Gasteiger partial charge in [0.1, 0.15) is 5.01 Å². The maximum absolute atomic E-state index is 4.58. The fraction of sp³-hybridized carbons (Fsp3) is 0.786. The molecule has 2 N–H and O–H groups in total. The molecule has 0 spiro atoms. The van der Waals surface area contributed by atoms with Crippen molar-refractivity contribution in [3.05, 3.63) is 16.6 Å². The molecule has 5 heteroatoms. The second-order valence-corrected chi connectivity index (χ2v) is 6.60. The van der Waals surface area contributed by atoms with E-state index in [2.05, 4.69) is 21.0 Å². The zero-order valence-electron chi connectivity index (χ0n) is 11.4. The van der Waals surface area contributed by atoms with Crippen molar-refractivity contribution in [3.63, 3.8) is 0 Å². The zero-order chi connectivity index (χ0) is 12.3. The standard InChI is InChI=1S/C14H23N3S.ClH/c1-2-6-14(5-1,13-16-9-10-18-13)17-11-12-3-7-15-8-4-12;/h9-10,12,15,17H,1-8,11H2;1H. The number of nitrogens with zero attached hydrogens (tertiary/aromatic N) is 1. The molecule has 0 unspecified atom stereocenters. The summed E-state index contributed by atoms with van der Waals surface area (Å²) >= 11 is 1.82. The second-order valence-electron chi connectivity index (χ2n) is 5.70. The van der Waals surface area contributed by atoms with Gasteiger partial charge in [0, 0.05) is 11.6 Å². The van der Waals surface area contributed by atoms with E-state index in [1.807, 2.05) is 17.5 Å². The van der Waals surface area contributed by atoms with Gasteiger partial charge in [-0.1, -0.05) is 12.8 Å². The van der Waals surface area contributed by atoms with E-state index < -0.39 is 0 Å². The molecule has 0 aromatic carbocycles. The Labute approximate surface area is 126 Å². The molecule has 2 fully saturated rings. The summed E-state index contributed by atoms with van der Waals surface area (Å²) < 4.78 is 0. The zero-order valence-corrected chi connectivity index (χ0v) is 13.0. The highest BCUT2D eigenvalue weighted by Gasteiger charge is 2.37. The summed E-state index contributed by atoms with van der Waals surface area (Å²) in [6.45, 7) is 3.55. The molecule has 0 bridgehead atoms. The molecule has 108 valence electrons. The van der Waals surface area contributed by atoms with Crippen LogP contribution in [0.1, 0.15) is 43.5 Å². The van der Waals surface area contributed by atoms with Crippen LogP contribution in [0.2, 0.25) is 0 Å². The lowest BCUT2D eigenvalue weighted by Crippen LogP contribution is -2.44. The minimum Gasteiger partial charge on any atom is -0.317 e. The molecular formula is C14H24ClN3S. The van der Waals surface area contributed by atoms with Crippen LogP contribution in [0.3, 0.4) is 0 Å². The molecule has 1 aliphatic carbocycles. The molecule has 3 rings (SSSR count). The van der Waals surface area contributed by atoms with Crippen molar-refractivity contribution in [2.45, 2.75) is 44.1 Å². The van der Waals surface area contributed by atoms with Gasteiger partial charge in [0.05, 0.1) is 5.54 Å². The molecule has 1 saturated heterocycles. The van der Waals surface area contributed by atoms with Gasteiger partial charge in [-0.2, -0.15) is 0 Å². The Bertz CT molecular complexity index is 357. The minimum absolute atomic E-state index is 0. The Morgan fingerprint density at radius 3 is 2.68 bits per heavy atom. The molecule has 1 aromatic heterocycles. The number of aromatic nitrogens is 1. The summed E-state index contributed by atoms with van der Waals surface area (Å²) in [6, 6.07) is 0. The van der Waals surface area contributed by atoms with Crippen LogP contribution in [0.25, 0.3) is 0 Å². The molecule has 1 aliphatic heterocycles. The first kappa shape index (κ1) is 15.2. The third kappa shape index (κ3) is 3.48. The lowest BCUT2D eigenvalue weighted by molar-refractivity contribution is 0.278. The van der Waals surface area contributed by atoms with E-state index >= 15 is 0 Å². The van der Waals surface area contributed by atoms with Crippen LogP contribution in [0.5, 0.6) is 0 Å². The number of nitrogens with one attached hydrogen (secondary N) is 2. The van der Waals surface area contributed by atoms with Crippen LogP contribution < -0.4 is 10.6 Å². The predicted octanol–water partition coefficient (Wildman–Crippen LogP) is 2.92. The Balaban J connectivity index is 0.00000133. The van der Waals surface area contributed by atoms with Crippen LogP contribution in [-0.4, -0.2) is 24.6 Å². The lowest BCUT2D eigenvalue weighted by Gasteiger charge is -2.32. The van der Waals surface area contributed by atoms with Crippen molar-refractivity contribution in [1.82, 2.24) is 15.6 Å². The maximum Gasteiger partial charge on any atom is 0.113 e. The minimum atomic E-state index is 0. The Kier molecular flexibility index (Phi) is 5.63. The van der Waals surface area contributed by atoms with Crippen LogP contribution in [0.15, 0.2) is 11.6 Å². The first-order chi connectivity index (χ1) is 8.89. The SMILES string of the molecule is Cl.c1csc(C2(NCC3CCNCC3)CCCC2)n1. The molecule has 3 nitrogen and oxygen atoms in total. The molecule has 1 saturated carbocycles. The topological polar surface area (TPSA) is 37.0 Å². The van der Waals surface area contributed by atoms with Crippen molar-refractivity contribution in [3.8, 4) is 0 Å². The van der Waals surface area contributed by atoms with Gasteiger partial charge in [-0.05, 0) is 51.2 Å². The number of halogens is 1. The highest BCUT2D eigenvalue weighted by molar-refractivity contribution is 7.09. The second kappa shape index (κ2) is 7.02. The predicted molar refractivity (Wildman–Crippen MR) is 83.1 cm³/mol. The van der Waals surface area contributed by atoms with Gasteiger partial charge in [0.15, 0.2) is 0 Å². The summed E-state index contributed by atoms with van der Waals surface area (Å²) in [5.74, 6) is 0.851. The first-order valence-corrected chi connectivity index (χ1v) is 8.13. The monoisotopic (exact) mass is 301 g/mol. The Morgan fingerprint density at radius 2 is 2.05 bits per heavy atom. The number of piperidine rings is 1. The molecule has 0 radical (unpaired) electrons. The number of hydrogen-bond acceptors (Lipinski definition) is 4. The van der Waals surface area contributed by atoms with Gasteiger partial charge < -0.3 is 10.6 Å². The van der Waals surface area contributed by atoms with E-state index in [1.54, 1.807) is 0 Å². The molecule has 2 aliphatic rings. The lowest BCUT2D eigenvalue weighted by atomic mass is 9.94. The summed E-state index contributed by atoms with van der Waals surface area (Å²) in [5.41, 5.74) is 0.207. The molecular weight excluding hydrogens is 278 g/mol. The summed E-state index contributed by atoms with van der Waals surface area (Å²) in [7, 11) is 0. The van der Waals surface area contributed by atoms with E-state index in [9.17, 15) is 0 Å². The smallest absolute Gasteiger partial charge is 0.113 e. The molecule has 1 aromatic rings. The van der Waals surface area contributed by atoms with Crippen molar-refractivity contribution < 1.29 is 0 Å². The third-order valence-corrected chi connectivity index (χ3v) is 5.46. The van der Waals surface area contributed by atoms with E-state index in [1.165, 1.54) is 63.2 Å². The molecule has 2 heterocycles. The van der Waals surface area contributed by atoms with Crippen LogP contribution in [0.4, 0.5) is 0 Å².